The largest absolute Gasteiger partial charge is 0.457 e. The number of hydrogen-bond donors (Lipinski definition) is 0. The Morgan fingerprint density at radius 2 is 1.34 bits per heavy atom. The number of hydrogen-bond acceptors (Lipinski definition) is 5. The molecule has 0 spiro atoms. The summed E-state index contributed by atoms with van der Waals surface area (Å²) in [5.74, 6) is 3.30. The predicted molar refractivity (Wildman–Crippen MR) is 221 cm³/mol. The Morgan fingerprint density at radius 3 is 2.19 bits per heavy atom. The quantitative estimate of drug-likeness (QED) is 0.183. The Balaban J connectivity index is 1.17. The van der Waals surface area contributed by atoms with Crippen LogP contribution in [0.2, 0.25) is 0 Å². The zero-order chi connectivity index (χ0) is 36.1. The van der Waals surface area contributed by atoms with Crippen molar-refractivity contribution in [2.24, 2.45) is 0 Å². The number of ether oxygens (including phenoxy) is 1. The van der Waals surface area contributed by atoms with Crippen molar-refractivity contribution in [1.29, 1.82) is 0 Å². The van der Waals surface area contributed by atoms with Crippen molar-refractivity contribution in [2.45, 2.75) is 45.4 Å². The molecule has 0 saturated carbocycles. The molecule has 10 rings (SSSR count). The molecule has 0 saturated heterocycles. The highest BCUT2D eigenvalue weighted by molar-refractivity contribution is 7.26. The van der Waals surface area contributed by atoms with Crippen molar-refractivity contribution in [1.82, 2.24) is 14.5 Å². The first-order chi connectivity index (χ1) is 25.7. The highest BCUT2D eigenvalue weighted by atomic mass is 32.1. The molecule has 5 heterocycles. The first-order valence-corrected chi connectivity index (χ1v) is 19.0. The Kier molecular flexibility index (Phi) is 6.89. The summed E-state index contributed by atoms with van der Waals surface area (Å²) in [6.45, 7) is 11.3. The number of nitrogens with zero attached hydrogens (tertiary/aromatic N) is 4. The summed E-state index contributed by atoms with van der Waals surface area (Å²) in [6, 6.07) is 45.3. The number of benzene rings is 5. The number of aromatic nitrogens is 3. The van der Waals surface area contributed by atoms with Crippen LogP contribution in [-0.4, -0.2) is 14.5 Å². The van der Waals surface area contributed by atoms with E-state index in [0.29, 0.717) is 0 Å². The second-order valence-electron chi connectivity index (χ2n) is 15.5. The fourth-order valence-corrected chi connectivity index (χ4v) is 9.34. The summed E-state index contributed by atoms with van der Waals surface area (Å²) in [6.07, 6.45) is 3.80. The molecule has 1 aliphatic heterocycles. The van der Waals surface area contributed by atoms with E-state index in [2.05, 4.69) is 159 Å². The van der Waals surface area contributed by atoms with Crippen molar-refractivity contribution in [3.05, 3.63) is 156 Å². The van der Waals surface area contributed by atoms with Crippen LogP contribution in [0, 0.1) is 0 Å². The van der Waals surface area contributed by atoms with Gasteiger partial charge < -0.3 is 4.74 Å². The van der Waals surface area contributed by atoms with E-state index in [1.54, 1.807) is 0 Å². The average molecular weight is 707 g/mol. The molecule has 53 heavy (non-hydrogen) atoms. The monoisotopic (exact) mass is 706 g/mol. The van der Waals surface area contributed by atoms with Gasteiger partial charge in [0.25, 0.3) is 0 Å². The van der Waals surface area contributed by atoms with Gasteiger partial charge in [-0.15, -0.1) is 11.3 Å². The molecule has 0 amide bonds. The lowest BCUT2D eigenvalue weighted by Gasteiger charge is -2.41. The summed E-state index contributed by atoms with van der Waals surface area (Å²) < 4.78 is 11.7. The SMILES string of the molecule is CC(C)(C)c1ccnc(-n2c3cc(Oc4ccc5c(c4)N(c4ccccn4)c4ccccc4C5(C)C)ccc3c3ccc4sc5ccccc5c4c32)c1. The van der Waals surface area contributed by atoms with Crippen molar-refractivity contribution in [2.75, 3.05) is 4.90 Å². The van der Waals surface area contributed by atoms with Crippen molar-refractivity contribution in [3.8, 4) is 17.3 Å². The Morgan fingerprint density at radius 1 is 0.604 bits per heavy atom. The summed E-state index contributed by atoms with van der Waals surface area (Å²) in [5, 5.41) is 4.89. The number of rotatable bonds is 4. The fraction of sp³-hybridized carbons (Fsp3) is 0.149. The molecular formula is C47H38N4OS. The van der Waals surface area contributed by atoms with Gasteiger partial charge >= 0.3 is 0 Å². The number of para-hydroxylation sites is 1. The van der Waals surface area contributed by atoms with E-state index in [0.717, 1.165) is 45.4 Å². The van der Waals surface area contributed by atoms with Gasteiger partial charge in [-0.05, 0) is 82.8 Å². The summed E-state index contributed by atoms with van der Waals surface area (Å²) in [7, 11) is 0. The molecule has 6 heteroatoms. The topological polar surface area (TPSA) is 43.2 Å². The van der Waals surface area contributed by atoms with Gasteiger partial charge in [-0.2, -0.15) is 0 Å². The second-order valence-corrected chi connectivity index (χ2v) is 16.6. The third-order valence-corrected chi connectivity index (χ3v) is 12.0. The molecule has 5 nitrogen and oxygen atoms in total. The van der Waals surface area contributed by atoms with Crippen LogP contribution in [0.5, 0.6) is 11.5 Å². The lowest BCUT2D eigenvalue weighted by molar-refractivity contribution is 0.482. The number of anilines is 3. The van der Waals surface area contributed by atoms with Crippen molar-refractivity contribution in [3.63, 3.8) is 0 Å². The lowest BCUT2D eigenvalue weighted by atomic mass is 9.73. The molecule has 1 aliphatic rings. The normalized spacial score (nSPS) is 13.9. The van der Waals surface area contributed by atoms with Gasteiger partial charge in [0.05, 0.1) is 22.4 Å². The van der Waals surface area contributed by atoms with Crippen LogP contribution in [0.25, 0.3) is 47.8 Å². The maximum absolute atomic E-state index is 6.82. The average Bonchev–Trinajstić information content (AvgIpc) is 3.70. The van der Waals surface area contributed by atoms with E-state index in [4.69, 9.17) is 14.7 Å². The first kappa shape index (κ1) is 31.7. The van der Waals surface area contributed by atoms with Crippen LogP contribution in [0.1, 0.15) is 51.3 Å². The minimum absolute atomic E-state index is 0.0280. The van der Waals surface area contributed by atoms with E-state index in [1.807, 2.05) is 35.9 Å². The lowest BCUT2D eigenvalue weighted by Crippen LogP contribution is -2.30. The Labute approximate surface area is 312 Å². The van der Waals surface area contributed by atoms with E-state index < -0.39 is 0 Å². The van der Waals surface area contributed by atoms with Crippen LogP contribution >= 0.6 is 11.3 Å². The molecule has 0 atom stereocenters. The van der Waals surface area contributed by atoms with Gasteiger partial charge in [0.15, 0.2) is 0 Å². The fourth-order valence-electron chi connectivity index (χ4n) is 8.23. The molecule has 0 radical (unpaired) electrons. The minimum Gasteiger partial charge on any atom is -0.457 e. The molecule has 0 aliphatic carbocycles. The zero-order valence-corrected chi connectivity index (χ0v) is 31.2. The van der Waals surface area contributed by atoms with E-state index in [-0.39, 0.29) is 10.8 Å². The number of fused-ring (bicyclic) bond motifs is 9. The number of pyridine rings is 2. The van der Waals surface area contributed by atoms with Gasteiger partial charge in [-0.3, -0.25) is 9.47 Å². The van der Waals surface area contributed by atoms with Gasteiger partial charge in [0, 0.05) is 60.9 Å². The van der Waals surface area contributed by atoms with Crippen molar-refractivity contribution >= 4 is 70.5 Å². The van der Waals surface area contributed by atoms with Gasteiger partial charge in [0.1, 0.15) is 23.1 Å². The molecule has 4 aromatic heterocycles. The van der Waals surface area contributed by atoms with Crippen molar-refractivity contribution < 1.29 is 4.74 Å². The van der Waals surface area contributed by atoms with E-state index in [9.17, 15) is 0 Å². The van der Waals surface area contributed by atoms with Crippen LogP contribution in [0.15, 0.2) is 140 Å². The molecule has 0 fully saturated rings. The van der Waals surface area contributed by atoms with Crippen LogP contribution in [0.4, 0.5) is 17.2 Å². The van der Waals surface area contributed by atoms with Gasteiger partial charge in [-0.25, -0.2) is 9.97 Å². The molecule has 5 aromatic carbocycles. The molecular weight excluding hydrogens is 669 g/mol. The number of thiophene rings is 1. The molecule has 9 aromatic rings. The summed E-state index contributed by atoms with van der Waals surface area (Å²) >= 11 is 1.84. The first-order valence-electron chi connectivity index (χ1n) is 18.2. The highest BCUT2D eigenvalue weighted by Crippen LogP contribution is 2.52. The standard InChI is InChI=1S/C47H38N4OS/c1-46(2,3)29-23-25-49-43(26-29)51-38-27-30(17-19-32(38)33-20-22-41-44(45(33)51)34-12-6-9-15-40(34)53-41)52-31-18-21-36-39(28-31)50(42-16-10-11-24-48-42)37-14-8-7-13-35(37)47(36,4)5/h6-28H,1-5H3. The third-order valence-electron chi connectivity index (χ3n) is 10.9. The molecule has 0 bridgehead atoms. The summed E-state index contributed by atoms with van der Waals surface area (Å²) in [4.78, 5) is 12.1. The van der Waals surface area contributed by atoms with Gasteiger partial charge in [0.2, 0.25) is 0 Å². The maximum Gasteiger partial charge on any atom is 0.137 e. The van der Waals surface area contributed by atoms with Gasteiger partial charge in [-0.1, -0.05) is 89.2 Å². The highest BCUT2D eigenvalue weighted by Gasteiger charge is 2.37. The smallest absolute Gasteiger partial charge is 0.137 e. The zero-order valence-electron chi connectivity index (χ0n) is 30.4. The Bertz CT molecular complexity index is 2900. The summed E-state index contributed by atoms with van der Waals surface area (Å²) in [5.41, 5.74) is 7.92. The maximum atomic E-state index is 6.82. The van der Waals surface area contributed by atoms with Crippen LogP contribution < -0.4 is 9.64 Å². The van der Waals surface area contributed by atoms with Crippen LogP contribution in [0.3, 0.4) is 0 Å². The van der Waals surface area contributed by atoms with E-state index in [1.165, 1.54) is 47.8 Å². The predicted octanol–water partition coefficient (Wildman–Crippen LogP) is 13.1. The minimum atomic E-state index is -0.207. The van der Waals surface area contributed by atoms with E-state index >= 15 is 0 Å². The molecule has 0 unspecified atom stereocenters. The Hall–Kier alpha value is -5.98. The van der Waals surface area contributed by atoms with Crippen LogP contribution in [-0.2, 0) is 10.8 Å². The third kappa shape index (κ3) is 4.89. The molecule has 258 valence electrons. The second kappa shape index (κ2) is 11.5. The molecule has 0 N–H and O–H groups in total.